The second-order valence-corrected chi connectivity index (χ2v) is 5.49. The summed E-state index contributed by atoms with van der Waals surface area (Å²) in [7, 11) is 0. The van der Waals surface area contributed by atoms with Crippen LogP contribution in [0.25, 0.3) is 10.6 Å². The van der Waals surface area contributed by atoms with Crippen molar-refractivity contribution in [1.82, 2.24) is 10.2 Å². The average Bonchev–Trinajstić information content (AvgIpc) is 2.70. The Labute approximate surface area is 110 Å². The van der Waals surface area contributed by atoms with Crippen LogP contribution in [0.5, 0.6) is 0 Å². The first-order valence-electron chi connectivity index (χ1n) is 4.18. The largest absolute Gasteiger partial charge is 0.324 e. The van der Waals surface area contributed by atoms with Crippen LogP contribution in [0.2, 0.25) is 5.02 Å². The number of aromatic nitrogens is 2. The Kier molecular flexibility index (Phi) is 3.55. The lowest BCUT2D eigenvalue weighted by Crippen LogP contribution is -1.94. The van der Waals surface area contributed by atoms with Gasteiger partial charge in [0.1, 0.15) is 10.0 Å². The molecular formula is C9H7ClIN3S. The van der Waals surface area contributed by atoms with E-state index in [0.29, 0.717) is 11.6 Å². The van der Waals surface area contributed by atoms with Gasteiger partial charge in [-0.15, -0.1) is 10.2 Å². The van der Waals surface area contributed by atoms with Gasteiger partial charge in [0, 0.05) is 20.7 Å². The highest BCUT2D eigenvalue weighted by molar-refractivity contribution is 14.1. The van der Waals surface area contributed by atoms with Gasteiger partial charge in [-0.25, -0.2) is 0 Å². The van der Waals surface area contributed by atoms with Crippen LogP contribution >= 0.6 is 45.5 Å². The van der Waals surface area contributed by atoms with Crippen molar-refractivity contribution in [2.24, 2.45) is 5.73 Å². The molecule has 2 rings (SSSR count). The van der Waals surface area contributed by atoms with Gasteiger partial charge in [-0.3, -0.25) is 0 Å². The first kappa shape index (κ1) is 11.3. The summed E-state index contributed by atoms with van der Waals surface area (Å²) >= 11 is 9.68. The van der Waals surface area contributed by atoms with Crippen LogP contribution in [-0.4, -0.2) is 10.2 Å². The molecule has 2 N–H and O–H groups in total. The molecule has 0 fully saturated rings. The molecule has 3 nitrogen and oxygen atoms in total. The number of halogens is 2. The monoisotopic (exact) mass is 351 g/mol. The molecule has 1 aromatic carbocycles. The molecule has 2 aromatic rings. The van der Waals surface area contributed by atoms with Gasteiger partial charge in [-0.05, 0) is 40.8 Å². The highest BCUT2D eigenvalue weighted by Crippen LogP contribution is 2.30. The van der Waals surface area contributed by atoms with Gasteiger partial charge < -0.3 is 5.73 Å². The van der Waals surface area contributed by atoms with Crippen molar-refractivity contribution in [3.05, 3.63) is 31.8 Å². The third-order valence-corrected chi connectivity index (χ3v) is 3.95. The molecule has 0 unspecified atom stereocenters. The van der Waals surface area contributed by atoms with E-state index in [1.807, 2.05) is 18.2 Å². The zero-order valence-corrected chi connectivity index (χ0v) is 11.3. The van der Waals surface area contributed by atoms with Crippen LogP contribution < -0.4 is 5.73 Å². The summed E-state index contributed by atoms with van der Waals surface area (Å²) in [5, 5.41) is 10.5. The average molecular weight is 352 g/mol. The van der Waals surface area contributed by atoms with E-state index in [0.717, 1.165) is 19.1 Å². The van der Waals surface area contributed by atoms with Gasteiger partial charge in [0.05, 0.1) is 0 Å². The second kappa shape index (κ2) is 4.73. The molecule has 15 heavy (non-hydrogen) atoms. The lowest BCUT2D eigenvalue weighted by Gasteiger charge is -1.99. The van der Waals surface area contributed by atoms with E-state index >= 15 is 0 Å². The van der Waals surface area contributed by atoms with Crippen LogP contribution in [0, 0.1) is 3.57 Å². The Hall–Kier alpha value is -0.240. The van der Waals surface area contributed by atoms with E-state index in [1.54, 1.807) is 0 Å². The van der Waals surface area contributed by atoms with Crippen molar-refractivity contribution >= 4 is 45.5 Å². The lowest BCUT2D eigenvalue weighted by atomic mass is 10.2. The molecule has 0 radical (unpaired) electrons. The van der Waals surface area contributed by atoms with Gasteiger partial charge in [0.15, 0.2) is 0 Å². The molecular weight excluding hydrogens is 345 g/mol. The minimum absolute atomic E-state index is 0.425. The number of nitrogens with zero attached hydrogens (tertiary/aromatic N) is 2. The molecule has 0 amide bonds. The molecule has 78 valence electrons. The molecule has 0 aliphatic rings. The lowest BCUT2D eigenvalue weighted by molar-refractivity contribution is 0.960. The van der Waals surface area contributed by atoms with E-state index in [-0.39, 0.29) is 0 Å². The van der Waals surface area contributed by atoms with Crippen molar-refractivity contribution < 1.29 is 0 Å². The Balaban J connectivity index is 2.48. The minimum Gasteiger partial charge on any atom is -0.324 e. The number of hydrogen-bond acceptors (Lipinski definition) is 4. The number of nitrogens with two attached hydrogens (primary N) is 1. The summed E-state index contributed by atoms with van der Waals surface area (Å²) in [4.78, 5) is 0. The Morgan fingerprint density at radius 1 is 1.40 bits per heavy atom. The molecule has 0 atom stereocenters. The summed E-state index contributed by atoms with van der Waals surface area (Å²) in [5.74, 6) is 0. The molecule has 0 saturated carbocycles. The van der Waals surface area contributed by atoms with Crippen molar-refractivity contribution in [1.29, 1.82) is 0 Å². The van der Waals surface area contributed by atoms with Crippen molar-refractivity contribution in [2.75, 3.05) is 0 Å². The first-order chi connectivity index (χ1) is 7.20. The summed E-state index contributed by atoms with van der Waals surface area (Å²) in [5.41, 5.74) is 6.50. The van der Waals surface area contributed by atoms with Crippen LogP contribution in [0.4, 0.5) is 0 Å². The summed E-state index contributed by atoms with van der Waals surface area (Å²) in [6, 6.07) is 5.71. The highest BCUT2D eigenvalue weighted by atomic mass is 127. The fourth-order valence-corrected chi connectivity index (χ4v) is 2.80. The summed E-state index contributed by atoms with van der Waals surface area (Å²) in [6.45, 7) is 0.425. The normalized spacial score (nSPS) is 10.6. The Morgan fingerprint density at radius 2 is 2.20 bits per heavy atom. The molecule has 0 bridgehead atoms. The van der Waals surface area contributed by atoms with Crippen LogP contribution in [0.15, 0.2) is 18.2 Å². The van der Waals surface area contributed by atoms with Crippen LogP contribution in [0.1, 0.15) is 5.01 Å². The first-order valence-corrected chi connectivity index (χ1v) is 6.46. The summed E-state index contributed by atoms with van der Waals surface area (Å²) in [6.07, 6.45) is 0. The third-order valence-electron chi connectivity index (χ3n) is 1.80. The quantitative estimate of drug-likeness (QED) is 0.847. The number of rotatable bonds is 2. The standard InChI is InChI=1S/C9H7ClIN3S/c10-5-1-2-7(11)6(3-5)9-14-13-8(4-12)15-9/h1-3H,4,12H2. The van der Waals surface area contributed by atoms with E-state index in [4.69, 9.17) is 17.3 Å². The van der Waals surface area contributed by atoms with E-state index < -0.39 is 0 Å². The SMILES string of the molecule is NCc1nnc(-c2cc(Cl)ccc2I)s1. The highest BCUT2D eigenvalue weighted by Gasteiger charge is 2.09. The van der Waals surface area contributed by atoms with E-state index in [9.17, 15) is 0 Å². The number of benzene rings is 1. The van der Waals surface area contributed by atoms with Crippen molar-refractivity contribution in [2.45, 2.75) is 6.54 Å². The second-order valence-electron chi connectivity index (χ2n) is 2.83. The van der Waals surface area contributed by atoms with Gasteiger partial charge >= 0.3 is 0 Å². The minimum atomic E-state index is 0.425. The molecule has 0 aliphatic heterocycles. The topological polar surface area (TPSA) is 51.8 Å². The van der Waals surface area contributed by atoms with Crippen molar-refractivity contribution in [3.63, 3.8) is 0 Å². The predicted octanol–water partition coefficient (Wildman–Crippen LogP) is 2.92. The molecule has 0 spiro atoms. The maximum atomic E-state index is 5.94. The van der Waals surface area contributed by atoms with Gasteiger partial charge in [0.2, 0.25) is 0 Å². The van der Waals surface area contributed by atoms with Crippen molar-refractivity contribution in [3.8, 4) is 10.6 Å². The van der Waals surface area contributed by atoms with Crippen LogP contribution in [0.3, 0.4) is 0 Å². The fourth-order valence-electron chi connectivity index (χ4n) is 1.11. The Bertz CT molecular complexity index is 486. The molecule has 6 heteroatoms. The summed E-state index contributed by atoms with van der Waals surface area (Å²) < 4.78 is 1.11. The molecule has 1 aromatic heterocycles. The van der Waals surface area contributed by atoms with E-state index in [1.165, 1.54) is 11.3 Å². The zero-order valence-electron chi connectivity index (χ0n) is 7.58. The van der Waals surface area contributed by atoms with Gasteiger partial charge in [-0.2, -0.15) is 0 Å². The maximum absolute atomic E-state index is 5.94. The zero-order chi connectivity index (χ0) is 10.8. The molecule has 0 aliphatic carbocycles. The Morgan fingerprint density at radius 3 is 2.87 bits per heavy atom. The molecule has 1 heterocycles. The van der Waals surface area contributed by atoms with E-state index in [2.05, 4.69) is 32.8 Å². The molecule has 0 saturated heterocycles. The number of hydrogen-bond donors (Lipinski definition) is 1. The van der Waals surface area contributed by atoms with Gasteiger partial charge in [0.25, 0.3) is 0 Å². The maximum Gasteiger partial charge on any atom is 0.148 e. The fraction of sp³-hybridized carbons (Fsp3) is 0.111. The smallest absolute Gasteiger partial charge is 0.148 e. The van der Waals surface area contributed by atoms with Gasteiger partial charge in [-0.1, -0.05) is 22.9 Å². The third kappa shape index (κ3) is 2.47. The van der Waals surface area contributed by atoms with Crippen LogP contribution in [-0.2, 0) is 6.54 Å². The predicted molar refractivity (Wildman–Crippen MR) is 71.0 cm³/mol.